The van der Waals surface area contributed by atoms with Crippen LogP contribution in [0.4, 0.5) is 5.95 Å². The average Bonchev–Trinajstić information content (AvgIpc) is 3.06. The van der Waals surface area contributed by atoms with Gasteiger partial charge in [-0.15, -0.1) is 0 Å². The maximum Gasteiger partial charge on any atom is 0.327 e. The van der Waals surface area contributed by atoms with Crippen molar-refractivity contribution in [1.29, 1.82) is 0 Å². The van der Waals surface area contributed by atoms with Crippen LogP contribution in [0.3, 0.4) is 0 Å². The van der Waals surface area contributed by atoms with E-state index in [-0.39, 0.29) is 4.57 Å². The lowest BCUT2D eigenvalue weighted by Gasteiger charge is -2.36. The number of nitrogens with zero attached hydrogens (tertiary/aromatic N) is 3. The molecule has 156 valence electrons. The number of imidazole rings is 1. The first-order valence-corrected chi connectivity index (χ1v) is 9.97. The van der Waals surface area contributed by atoms with Gasteiger partial charge in [0, 0.05) is 0 Å². The van der Waals surface area contributed by atoms with Gasteiger partial charge in [-0.2, -0.15) is 21.8 Å². The van der Waals surface area contributed by atoms with E-state index in [0.717, 1.165) is 0 Å². The molecular weight excluding hydrogens is 430 g/mol. The molecule has 0 bridgehead atoms. The quantitative estimate of drug-likeness (QED) is 0.220. The third kappa shape index (κ3) is 2.34. The largest absolute Gasteiger partial charge is 0.394 e. The molecule has 3 rings (SSSR count). The second-order valence-corrected chi connectivity index (χ2v) is 8.83. The zero-order chi connectivity index (χ0) is 21.3. The summed E-state index contributed by atoms with van der Waals surface area (Å²) in [7, 11) is -11.9. The summed E-state index contributed by atoms with van der Waals surface area (Å²) in [6.45, 7) is -1.25. The Balaban J connectivity index is 2.56. The van der Waals surface area contributed by atoms with Gasteiger partial charge in [0.2, 0.25) is 5.95 Å². The number of nitrogens with one attached hydrogen (secondary N) is 1. The molecule has 0 amide bonds. The number of aliphatic hydroxyl groups excluding tert-OH is 2. The number of nitrogens with two attached hydrogens (primary N) is 1. The lowest BCUT2D eigenvalue weighted by atomic mass is 10.1. The first-order valence-electron chi connectivity index (χ1n) is 7.09. The molecule has 1 fully saturated rings. The molecule has 4 atom stereocenters. The van der Waals surface area contributed by atoms with Gasteiger partial charge in [0.1, 0.15) is 18.5 Å². The van der Waals surface area contributed by atoms with Crippen LogP contribution in [0.15, 0.2) is 11.1 Å². The van der Waals surface area contributed by atoms with Crippen molar-refractivity contribution in [3.8, 4) is 0 Å². The molecule has 2 aromatic heterocycles. The number of aromatic amines is 1. The van der Waals surface area contributed by atoms with Gasteiger partial charge in [-0.1, -0.05) is 0 Å². The van der Waals surface area contributed by atoms with Crippen molar-refractivity contribution in [3.63, 3.8) is 0 Å². The number of aliphatic hydroxyl groups is 3. The Morgan fingerprint density at radius 3 is 2.39 bits per heavy atom. The van der Waals surface area contributed by atoms with Crippen LogP contribution in [0.1, 0.15) is 0 Å². The molecule has 0 radical (unpaired) electrons. The van der Waals surface area contributed by atoms with E-state index in [1.807, 2.05) is 4.98 Å². The van der Waals surface area contributed by atoms with Crippen LogP contribution in [0.25, 0.3) is 11.2 Å². The summed E-state index contributed by atoms with van der Waals surface area (Å²) in [5.41, 5.74) is 2.92. The maximum absolute atomic E-state index is 12.2. The minimum absolute atomic E-state index is 0.0793. The summed E-state index contributed by atoms with van der Waals surface area (Å²) < 4.78 is 72.6. The van der Waals surface area contributed by atoms with Gasteiger partial charge < -0.3 is 25.8 Å². The van der Waals surface area contributed by atoms with Gasteiger partial charge in [0.05, 0.1) is 6.61 Å². The van der Waals surface area contributed by atoms with E-state index in [9.17, 15) is 46.1 Å². The lowest BCUT2D eigenvalue weighted by molar-refractivity contribution is -0.105. The smallest absolute Gasteiger partial charge is 0.327 e. The molecule has 0 spiro atoms. The fourth-order valence-electron chi connectivity index (χ4n) is 2.99. The zero-order valence-corrected chi connectivity index (χ0v) is 15.0. The standard InChI is InChI=1S/C10H13N5O11S2/c11-8-13-6-4(7(18)14-8)12-2-15(6)10(28(23,24)25)9(19,27(20,21)22)5(17)3(1-16)26-10/h2-3,5,16-17,19H,1H2,(H,20,21,22)(H,23,24,25)(H3,11,13,14,18)/t3-,5-,9+,10+/m1/s1. The van der Waals surface area contributed by atoms with Crippen LogP contribution in [-0.4, -0.2) is 84.5 Å². The number of H-pyrrole nitrogens is 1. The fraction of sp³-hybridized carbons (Fsp3) is 0.500. The molecule has 0 saturated carbocycles. The van der Waals surface area contributed by atoms with E-state index in [2.05, 4.69) is 9.97 Å². The van der Waals surface area contributed by atoms with Crippen LogP contribution >= 0.6 is 0 Å². The molecule has 16 nitrogen and oxygen atoms in total. The number of nitrogen functional groups attached to an aromatic ring is 1. The van der Waals surface area contributed by atoms with E-state index in [1.165, 1.54) is 0 Å². The average molecular weight is 443 g/mol. The molecular formula is C10H13N5O11S2. The number of rotatable bonds is 4. The van der Waals surface area contributed by atoms with Crippen molar-refractivity contribution in [2.75, 3.05) is 12.3 Å². The van der Waals surface area contributed by atoms with Crippen LogP contribution in [0.2, 0.25) is 0 Å². The Bertz CT molecular complexity index is 1220. The van der Waals surface area contributed by atoms with Gasteiger partial charge in [0.25, 0.3) is 10.5 Å². The van der Waals surface area contributed by atoms with Crippen LogP contribution < -0.4 is 11.3 Å². The Hall–Kier alpha value is -2.19. The Kier molecular flexibility index (Phi) is 4.33. The first kappa shape index (κ1) is 20.5. The zero-order valence-electron chi connectivity index (χ0n) is 13.4. The molecule has 28 heavy (non-hydrogen) atoms. The molecule has 3 heterocycles. The summed E-state index contributed by atoms with van der Waals surface area (Å²) in [6, 6.07) is 0. The molecule has 1 saturated heterocycles. The van der Waals surface area contributed by atoms with Gasteiger partial charge >= 0.3 is 25.3 Å². The fourth-order valence-corrected chi connectivity index (χ4v) is 5.67. The van der Waals surface area contributed by atoms with Crippen LogP contribution in [-0.2, 0) is 30.0 Å². The highest BCUT2D eigenvalue weighted by Gasteiger charge is 2.80. The predicted molar refractivity (Wildman–Crippen MR) is 86.5 cm³/mol. The van der Waals surface area contributed by atoms with Crippen molar-refractivity contribution in [3.05, 3.63) is 16.7 Å². The van der Waals surface area contributed by atoms with Crippen molar-refractivity contribution < 1.29 is 46.0 Å². The minimum atomic E-state index is -5.96. The van der Waals surface area contributed by atoms with Gasteiger partial charge in [-0.25, -0.2) is 4.98 Å². The Morgan fingerprint density at radius 1 is 1.29 bits per heavy atom. The normalized spacial score (nSPS) is 31.5. The third-order valence-electron chi connectivity index (χ3n) is 4.18. The number of ether oxygens (including phenoxy) is 1. The summed E-state index contributed by atoms with van der Waals surface area (Å²) in [5, 5.41) is 26.1. The summed E-state index contributed by atoms with van der Waals surface area (Å²) in [4.78, 5) is 16.8. The first-order chi connectivity index (χ1) is 12.7. The van der Waals surface area contributed by atoms with Crippen molar-refractivity contribution >= 4 is 37.3 Å². The van der Waals surface area contributed by atoms with E-state index in [4.69, 9.17) is 10.5 Å². The highest BCUT2D eigenvalue weighted by molar-refractivity contribution is 7.91. The van der Waals surface area contributed by atoms with Gasteiger partial charge in [-0.05, 0) is 0 Å². The van der Waals surface area contributed by atoms with Crippen LogP contribution in [0.5, 0.6) is 0 Å². The second kappa shape index (κ2) is 5.90. The molecule has 0 aromatic carbocycles. The maximum atomic E-state index is 12.2. The number of hydrogen-bond donors (Lipinski definition) is 7. The third-order valence-corrected chi connectivity index (χ3v) is 6.92. The number of aromatic nitrogens is 4. The monoisotopic (exact) mass is 443 g/mol. The Morgan fingerprint density at radius 2 is 1.89 bits per heavy atom. The van der Waals surface area contributed by atoms with Crippen molar-refractivity contribution in [1.82, 2.24) is 19.5 Å². The molecule has 2 aromatic rings. The van der Waals surface area contributed by atoms with Crippen molar-refractivity contribution in [2.45, 2.75) is 22.2 Å². The summed E-state index contributed by atoms with van der Waals surface area (Å²) >= 11 is 0. The highest BCUT2D eigenvalue weighted by atomic mass is 32.2. The molecule has 8 N–H and O–H groups in total. The minimum Gasteiger partial charge on any atom is -0.394 e. The van der Waals surface area contributed by atoms with E-state index in [0.29, 0.717) is 6.33 Å². The van der Waals surface area contributed by atoms with Crippen molar-refractivity contribution in [2.24, 2.45) is 0 Å². The van der Waals surface area contributed by atoms with E-state index in [1.54, 1.807) is 0 Å². The van der Waals surface area contributed by atoms with Crippen LogP contribution in [0, 0.1) is 0 Å². The van der Waals surface area contributed by atoms with Gasteiger partial charge in [-0.3, -0.25) is 23.5 Å². The van der Waals surface area contributed by atoms with E-state index < -0.39 is 71.7 Å². The topological polar surface area (TPSA) is 268 Å². The van der Waals surface area contributed by atoms with E-state index >= 15 is 0 Å². The molecule has 0 aliphatic carbocycles. The number of fused-ring (bicyclic) bond motifs is 1. The predicted octanol–water partition coefficient (Wildman–Crippen LogP) is -4.47. The molecule has 1 aliphatic heterocycles. The SMILES string of the molecule is Nc1nc2c(ncn2[C@]2(S(=O)(=O)O)O[C@H](CO)[C@@H](O)[C@]2(O)S(=O)(=O)O)c(=O)[nH]1. The molecule has 0 unspecified atom stereocenters. The van der Waals surface area contributed by atoms with Gasteiger partial charge in [0.15, 0.2) is 11.2 Å². The second-order valence-electron chi connectivity index (χ2n) is 5.75. The summed E-state index contributed by atoms with van der Waals surface area (Å²) in [5.74, 6) is -0.600. The Labute approximate surface area is 154 Å². The highest BCUT2D eigenvalue weighted by Crippen LogP contribution is 2.50. The molecule has 1 aliphatic rings. The summed E-state index contributed by atoms with van der Waals surface area (Å²) in [6.07, 6.45) is -4.49. The number of hydrogen-bond acceptors (Lipinski definition) is 12. The lowest BCUT2D eigenvalue weighted by Crippen LogP contribution is -2.65. The number of anilines is 1. The molecule has 18 heteroatoms.